The zero-order chi connectivity index (χ0) is 19.2. The summed E-state index contributed by atoms with van der Waals surface area (Å²) in [6.07, 6.45) is 0.734. The van der Waals surface area contributed by atoms with Crippen LogP contribution in [0.4, 0.5) is 5.82 Å². The van der Waals surface area contributed by atoms with Crippen LogP contribution in [0, 0.1) is 0 Å². The summed E-state index contributed by atoms with van der Waals surface area (Å²) in [4.78, 5) is 14.7. The van der Waals surface area contributed by atoms with Crippen LogP contribution in [0.5, 0.6) is 5.75 Å². The van der Waals surface area contributed by atoms with E-state index in [2.05, 4.69) is 22.4 Å². The molecule has 0 fully saturated rings. The number of carbonyl (C=O) groups excluding carboxylic acids is 1. The molecule has 1 N–H and O–H groups in total. The van der Waals surface area contributed by atoms with Crippen molar-refractivity contribution in [1.82, 2.24) is 15.5 Å². The van der Waals surface area contributed by atoms with Crippen molar-refractivity contribution in [2.75, 3.05) is 32.1 Å². The Morgan fingerprint density at radius 3 is 2.44 bits per heavy atom. The molecule has 2 aromatic carbocycles. The van der Waals surface area contributed by atoms with Gasteiger partial charge in [0.05, 0.1) is 7.11 Å². The van der Waals surface area contributed by atoms with E-state index in [1.807, 2.05) is 60.5 Å². The summed E-state index contributed by atoms with van der Waals surface area (Å²) >= 11 is 0. The van der Waals surface area contributed by atoms with E-state index in [-0.39, 0.29) is 5.91 Å². The Bertz CT molecular complexity index is 925. The lowest BCUT2D eigenvalue weighted by atomic mass is 10.1. The number of carbonyl (C=O) groups is 1. The third kappa shape index (κ3) is 4.16. The summed E-state index contributed by atoms with van der Waals surface area (Å²) in [5, 5.41) is 13.2. The quantitative estimate of drug-likeness (QED) is 0.698. The highest BCUT2D eigenvalue weighted by Gasteiger charge is 2.16. The summed E-state index contributed by atoms with van der Waals surface area (Å²) in [6, 6.07) is 15.6. The first-order valence-electron chi connectivity index (χ1n) is 9.01. The lowest BCUT2D eigenvalue weighted by Gasteiger charge is -2.17. The average molecular weight is 364 g/mol. The molecule has 140 valence electrons. The smallest absolute Gasteiger partial charge is 0.272 e. The van der Waals surface area contributed by atoms with Gasteiger partial charge in [0, 0.05) is 30.9 Å². The molecule has 0 aliphatic carbocycles. The number of nitrogens with zero attached hydrogens (tertiary/aromatic N) is 3. The normalized spacial score (nSPS) is 10.6. The average Bonchev–Trinajstić information content (AvgIpc) is 2.72. The second kappa shape index (κ2) is 8.49. The van der Waals surface area contributed by atoms with E-state index in [0.717, 1.165) is 40.9 Å². The Balaban J connectivity index is 1.73. The highest BCUT2D eigenvalue weighted by molar-refractivity contribution is 6.07. The van der Waals surface area contributed by atoms with Crippen LogP contribution in [-0.2, 0) is 6.42 Å². The number of aromatic nitrogens is 2. The number of benzene rings is 2. The van der Waals surface area contributed by atoms with Crippen molar-refractivity contribution < 1.29 is 9.53 Å². The molecule has 6 nitrogen and oxygen atoms in total. The number of ether oxygens (including phenoxy) is 1. The van der Waals surface area contributed by atoms with E-state index in [9.17, 15) is 4.79 Å². The maximum Gasteiger partial charge on any atom is 0.272 e. The first kappa shape index (κ1) is 18.6. The third-order valence-corrected chi connectivity index (χ3v) is 4.58. The van der Waals surface area contributed by atoms with E-state index < -0.39 is 0 Å². The molecular formula is C21H24N4O2. The number of hydrogen-bond donors (Lipinski definition) is 1. The molecule has 0 aliphatic heterocycles. The van der Waals surface area contributed by atoms with E-state index >= 15 is 0 Å². The summed E-state index contributed by atoms with van der Waals surface area (Å²) in [5.41, 5.74) is 1.49. The maximum absolute atomic E-state index is 12.7. The van der Waals surface area contributed by atoms with Crippen LogP contribution >= 0.6 is 0 Å². The zero-order valence-electron chi connectivity index (χ0n) is 15.9. The molecule has 1 aromatic heterocycles. The number of fused-ring (bicyclic) bond motifs is 1. The first-order valence-corrected chi connectivity index (χ1v) is 9.01. The van der Waals surface area contributed by atoms with Crippen molar-refractivity contribution in [3.8, 4) is 5.75 Å². The fraction of sp³-hybridized carbons (Fsp3) is 0.286. The molecule has 1 heterocycles. The van der Waals surface area contributed by atoms with Gasteiger partial charge >= 0.3 is 0 Å². The van der Waals surface area contributed by atoms with Gasteiger partial charge in [-0.25, -0.2) is 0 Å². The fourth-order valence-corrected chi connectivity index (χ4v) is 2.89. The second-order valence-corrected chi connectivity index (χ2v) is 6.29. The fourth-order valence-electron chi connectivity index (χ4n) is 2.89. The van der Waals surface area contributed by atoms with Gasteiger partial charge in [-0.2, -0.15) is 0 Å². The second-order valence-electron chi connectivity index (χ2n) is 6.29. The van der Waals surface area contributed by atoms with Crippen LogP contribution in [-0.4, -0.2) is 43.4 Å². The predicted octanol–water partition coefficient (Wildman–Crippen LogP) is 3.07. The summed E-state index contributed by atoms with van der Waals surface area (Å²) < 4.78 is 5.16. The number of nitrogens with one attached hydrogen (secondary N) is 1. The van der Waals surface area contributed by atoms with Crippen LogP contribution in [0.3, 0.4) is 0 Å². The molecule has 0 bridgehead atoms. The van der Waals surface area contributed by atoms with Gasteiger partial charge in [-0.05, 0) is 31.0 Å². The lowest BCUT2D eigenvalue weighted by molar-refractivity contribution is 0.0950. The Labute approximate surface area is 159 Å². The van der Waals surface area contributed by atoms with Crippen molar-refractivity contribution >= 4 is 22.5 Å². The maximum atomic E-state index is 12.7. The highest BCUT2D eigenvalue weighted by atomic mass is 16.5. The van der Waals surface area contributed by atoms with E-state index in [1.165, 1.54) is 0 Å². The van der Waals surface area contributed by atoms with Crippen molar-refractivity contribution in [3.63, 3.8) is 0 Å². The zero-order valence-corrected chi connectivity index (χ0v) is 15.9. The van der Waals surface area contributed by atoms with Gasteiger partial charge < -0.3 is 15.0 Å². The van der Waals surface area contributed by atoms with Gasteiger partial charge in [-0.3, -0.25) is 4.79 Å². The molecule has 0 spiro atoms. The summed E-state index contributed by atoms with van der Waals surface area (Å²) in [5.74, 6) is 1.39. The Morgan fingerprint density at radius 2 is 1.78 bits per heavy atom. The third-order valence-electron chi connectivity index (χ3n) is 4.58. The number of anilines is 1. The molecular weight excluding hydrogens is 340 g/mol. The van der Waals surface area contributed by atoms with Crippen LogP contribution in [0.15, 0.2) is 48.5 Å². The van der Waals surface area contributed by atoms with Crippen LogP contribution in [0.25, 0.3) is 10.8 Å². The van der Waals surface area contributed by atoms with E-state index in [4.69, 9.17) is 4.74 Å². The number of amides is 1. The molecule has 0 aliphatic rings. The molecule has 3 aromatic rings. The number of methoxy groups -OCH3 is 1. The summed E-state index contributed by atoms with van der Waals surface area (Å²) in [7, 11) is 3.61. The topological polar surface area (TPSA) is 67.4 Å². The Morgan fingerprint density at radius 1 is 1.07 bits per heavy atom. The minimum atomic E-state index is -0.210. The molecule has 0 unspecified atom stereocenters. The van der Waals surface area contributed by atoms with Crippen LogP contribution in [0.1, 0.15) is 23.0 Å². The van der Waals surface area contributed by atoms with Crippen LogP contribution in [0.2, 0.25) is 0 Å². The molecule has 0 atom stereocenters. The summed E-state index contributed by atoms with van der Waals surface area (Å²) in [6.45, 7) is 3.39. The van der Waals surface area contributed by atoms with Gasteiger partial charge in [0.1, 0.15) is 5.75 Å². The molecule has 27 heavy (non-hydrogen) atoms. The molecule has 6 heteroatoms. The van der Waals surface area contributed by atoms with Gasteiger partial charge in [-0.15, -0.1) is 10.2 Å². The standard InChI is InChI=1S/C21H24N4O2/c1-4-25(2)20-18-8-6-5-7-17(18)19(23-24-20)21(26)22-14-13-15-9-11-16(27-3)12-10-15/h5-12H,4,13-14H2,1-3H3,(H,22,26). The van der Waals surface area contributed by atoms with Crippen molar-refractivity contribution in [2.45, 2.75) is 13.3 Å². The minimum absolute atomic E-state index is 0.210. The monoisotopic (exact) mass is 364 g/mol. The van der Waals surface area contributed by atoms with Crippen molar-refractivity contribution in [1.29, 1.82) is 0 Å². The minimum Gasteiger partial charge on any atom is -0.497 e. The Hall–Kier alpha value is -3.15. The SMILES string of the molecule is CCN(C)c1nnc(C(=O)NCCc2ccc(OC)cc2)c2ccccc12. The first-order chi connectivity index (χ1) is 13.1. The van der Waals surface area contributed by atoms with Gasteiger partial charge in [-0.1, -0.05) is 36.4 Å². The predicted molar refractivity (Wildman–Crippen MR) is 108 cm³/mol. The van der Waals surface area contributed by atoms with Crippen molar-refractivity contribution in [3.05, 3.63) is 59.8 Å². The molecule has 0 saturated carbocycles. The van der Waals surface area contributed by atoms with Gasteiger partial charge in [0.2, 0.25) is 0 Å². The van der Waals surface area contributed by atoms with Crippen molar-refractivity contribution in [2.24, 2.45) is 0 Å². The molecule has 0 saturated heterocycles. The Kier molecular flexibility index (Phi) is 5.86. The molecule has 0 radical (unpaired) electrons. The van der Waals surface area contributed by atoms with Crippen LogP contribution < -0.4 is 15.0 Å². The highest BCUT2D eigenvalue weighted by Crippen LogP contribution is 2.25. The van der Waals surface area contributed by atoms with E-state index in [0.29, 0.717) is 12.2 Å². The van der Waals surface area contributed by atoms with E-state index in [1.54, 1.807) is 7.11 Å². The lowest BCUT2D eigenvalue weighted by Crippen LogP contribution is -2.27. The number of rotatable bonds is 7. The van der Waals surface area contributed by atoms with Gasteiger partial charge in [0.25, 0.3) is 5.91 Å². The molecule has 3 rings (SSSR count). The molecule has 1 amide bonds. The van der Waals surface area contributed by atoms with Gasteiger partial charge in [0.15, 0.2) is 11.5 Å². The number of hydrogen-bond acceptors (Lipinski definition) is 5. The largest absolute Gasteiger partial charge is 0.497 e.